The summed E-state index contributed by atoms with van der Waals surface area (Å²) in [5.74, 6) is 0.465. The van der Waals surface area contributed by atoms with E-state index in [1.807, 2.05) is 6.26 Å². The zero-order valence-electron chi connectivity index (χ0n) is 8.03. The van der Waals surface area contributed by atoms with E-state index in [9.17, 15) is 14.7 Å². The highest BCUT2D eigenvalue weighted by Crippen LogP contribution is 2.08. The van der Waals surface area contributed by atoms with Crippen molar-refractivity contribution in [2.24, 2.45) is 0 Å². The topological polar surface area (TPSA) is 75.1 Å². The largest absolute Gasteiger partial charge is 0.494 e. The van der Waals surface area contributed by atoms with Crippen LogP contribution in [0.4, 0.5) is 0 Å². The molecule has 1 rings (SSSR count). The van der Waals surface area contributed by atoms with Gasteiger partial charge in [0, 0.05) is 12.3 Å². The van der Waals surface area contributed by atoms with Crippen molar-refractivity contribution in [1.82, 2.24) is 9.55 Å². The van der Waals surface area contributed by atoms with Crippen LogP contribution in [0.2, 0.25) is 0 Å². The number of thioether (sulfide) groups is 1. The molecular weight excluding hydrogens is 204 g/mol. The number of aromatic hydroxyl groups is 1. The van der Waals surface area contributed by atoms with Gasteiger partial charge >= 0.3 is 5.69 Å². The molecule has 0 aliphatic heterocycles. The zero-order chi connectivity index (χ0) is 10.7. The third-order valence-electron chi connectivity index (χ3n) is 1.92. The first kappa shape index (κ1) is 10.9. The number of hydrogen-bond donors (Lipinski definition) is 2. The van der Waals surface area contributed by atoms with Crippen LogP contribution in [0.15, 0.2) is 9.59 Å². The van der Waals surface area contributed by atoms with E-state index in [1.165, 1.54) is 6.92 Å². The number of nitrogens with one attached hydrogen (secondary N) is 1. The molecule has 0 aromatic carbocycles. The second kappa shape index (κ2) is 4.36. The summed E-state index contributed by atoms with van der Waals surface area (Å²) >= 11 is 1.56. The molecule has 0 unspecified atom stereocenters. The number of rotatable bonds is 3. The van der Waals surface area contributed by atoms with Crippen molar-refractivity contribution in [3.8, 4) is 5.88 Å². The normalized spacial score (nSPS) is 10.4. The van der Waals surface area contributed by atoms with Crippen molar-refractivity contribution in [2.75, 3.05) is 12.0 Å². The molecule has 14 heavy (non-hydrogen) atoms. The van der Waals surface area contributed by atoms with Gasteiger partial charge in [0.05, 0.1) is 5.56 Å². The van der Waals surface area contributed by atoms with Crippen LogP contribution in [-0.2, 0) is 6.54 Å². The van der Waals surface area contributed by atoms with E-state index in [1.54, 1.807) is 11.8 Å². The van der Waals surface area contributed by atoms with Gasteiger partial charge < -0.3 is 5.11 Å². The average molecular weight is 216 g/mol. The first-order valence-electron chi connectivity index (χ1n) is 4.09. The van der Waals surface area contributed by atoms with Crippen molar-refractivity contribution >= 4 is 11.8 Å². The Balaban J connectivity index is 3.23. The van der Waals surface area contributed by atoms with Gasteiger partial charge in [0.1, 0.15) is 0 Å². The van der Waals surface area contributed by atoms with Gasteiger partial charge in [-0.2, -0.15) is 11.8 Å². The molecule has 0 aliphatic rings. The van der Waals surface area contributed by atoms with Gasteiger partial charge in [0.15, 0.2) is 0 Å². The maximum atomic E-state index is 11.3. The summed E-state index contributed by atoms with van der Waals surface area (Å²) in [5.41, 5.74) is -0.925. The molecule has 0 saturated carbocycles. The van der Waals surface area contributed by atoms with Crippen LogP contribution in [-0.4, -0.2) is 26.7 Å². The summed E-state index contributed by atoms with van der Waals surface area (Å²) in [5, 5.41) is 9.52. The van der Waals surface area contributed by atoms with Gasteiger partial charge in [0.25, 0.3) is 5.56 Å². The molecule has 0 saturated heterocycles. The Morgan fingerprint density at radius 1 is 1.50 bits per heavy atom. The minimum absolute atomic E-state index is 0.172. The minimum atomic E-state index is -0.563. The number of nitrogens with zero attached hydrogens (tertiary/aromatic N) is 1. The highest BCUT2D eigenvalue weighted by molar-refractivity contribution is 7.98. The summed E-state index contributed by atoms with van der Waals surface area (Å²) < 4.78 is 1.16. The van der Waals surface area contributed by atoms with Gasteiger partial charge in [-0.1, -0.05) is 0 Å². The van der Waals surface area contributed by atoms with E-state index < -0.39 is 11.2 Å². The lowest BCUT2D eigenvalue weighted by molar-refractivity contribution is 0.402. The monoisotopic (exact) mass is 216 g/mol. The smallest absolute Gasteiger partial charge is 0.331 e. The fourth-order valence-electron chi connectivity index (χ4n) is 1.05. The summed E-state index contributed by atoms with van der Waals surface area (Å²) in [6.07, 6.45) is 1.90. The molecule has 0 fully saturated rings. The van der Waals surface area contributed by atoms with Gasteiger partial charge in [-0.25, -0.2) is 4.79 Å². The molecule has 1 aromatic heterocycles. The molecule has 1 heterocycles. The Bertz CT molecular complexity index is 435. The molecule has 5 nitrogen and oxygen atoms in total. The Labute approximate surface area is 84.8 Å². The van der Waals surface area contributed by atoms with Crippen molar-refractivity contribution in [3.05, 3.63) is 26.4 Å². The van der Waals surface area contributed by atoms with Crippen LogP contribution in [0.25, 0.3) is 0 Å². The SMILES string of the molecule is CSCCn1c(O)c(C)c(=O)[nH]c1=O. The molecule has 6 heteroatoms. The van der Waals surface area contributed by atoms with Crippen molar-refractivity contribution in [1.29, 1.82) is 0 Å². The summed E-state index contributed by atoms with van der Waals surface area (Å²) in [6.45, 7) is 1.87. The minimum Gasteiger partial charge on any atom is -0.494 e. The van der Waals surface area contributed by atoms with E-state index in [4.69, 9.17) is 0 Å². The Morgan fingerprint density at radius 2 is 2.14 bits per heavy atom. The summed E-state index contributed by atoms with van der Waals surface area (Å²) in [4.78, 5) is 24.4. The molecular formula is C8H12N2O3S. The van der Waals surface area contributed by atoms with Crippen molar-refractivity contribution < 1.29 is 5.11 Å². The second-order valence-corrected chi connectivity index (χ2v) is 3.84. The fraction of sp³-hybridized carbons (Fsp3) is 0.500. The Kier molecular flexibility index (Phi) is 3.40. The lowest BCUT2D eigenvalue weighted by atomic mass is 10.3. The fourth-order valence-corrected chi connectivity index (χ4v) is 1.41. The van der Waals surface area contributed by atoms with Crippen LogP contribution in [0.1, 0.15) is 5.56 Å². The van der Waals surface area contributed by atoms with Crippen molar-refractivity contribution in [3.63, 3.8) is 0 Å². The maximum Gasteiger partial charge on any atom is 0.331 e. The van der Waals surface area contributed by atoms with Crippen LogP contribution >= 0.6 is 11.8 Å². The zero-order valence-corrected chi connectivity index (χ0v) is 8.85. The molecule has 0 radical (unpaired) electrons. The highest BCUT2D eigenvalue weighted by atomic mass is 32.2. The van der Waals surface area contributed by atoms with E-state index in [0.717, 1.165) is 4.57 Å². The first-order chi connectivity index (χ1) is 6.57. The standard InChI is InChI=1S/C8H12N2O3S/c1-5-6(11)9-8(13)10(7(5)12)3-4-14-2/h12H,3-4H2,1-2H3,(H,9,11,13). The van der Waals surface area contributed by atoms with Crippen LogP contribution in [0, 0.1) is 6.92 Å². The van der Waals surface area contributed by atoms with Crippen LogP contribution in [0.5, 0.6) is 5.88 Å². The summed E-state index contributed by atoms with van der Waals surface area (Å²) in [7, 11) is 0. The van der Waals surface area contributed by atoms with Gasteiger partial charge in [0.2, 0.25) is 5.88 Å². The molecule has 2 N–H and O–H groups in total. The Morgan fingerprint density at radius 3 is 2.71 bits per heavy atom. The predicted octanol–water partition coefficient (Wildman–Crippen LogP) is -0.0864. The van der Waals surface area contributed by atoms with Crippen LogP contribution in [0.3, 0.4) is 0 Å². The lowest BCUT2D eigenvalue weighted by Crippen LogP contribution is -2.31. The predicted molar refractivity (Wildman–Crippen MR) is 56.1 cm³/mol. The molecule has 78 valence electrons. The molecule has 0 atom stereocenters. The third kappa shape index (κ3) is 2.01. The molecule has 1 aromatic rings. The van der Waals surface area contributed by atoms with E-state index in [-0.39, 0.29) is 11.4 Å². The number of hydrogen-bond acceptors (Lipinski definition) is 4. The molecule has 0 amide bonds. The molecule has 0 bridgehead atoms. The Hall–Kier alpha value is -1.17. The molecule has 0 aliphatic carbocycles. The molecule has 0 spiro atoms. The van der Waals surface area contributed by atoms with Gasteiger partial charge in [-0.15, -0.1) is 0 Å². The maximum absolute atomic E-state index is 11.3. The first-order valence-corrected chi connectivity index (χ1v) is 5.49. The highest BCUT2D eigenvalue weighted by Gasteiger charge is 2.08. The number of H-pyrrole nitrogens is 1. The number of aromatic nitrogens is 2. The number of aromatic amines is 1. The van der Waals surface area contributed by atoms with E-state index in [0.29, 0.717) is 12.3 Å². The average Bonchev–Trinajstić information content (AvgIpc) is 2.14. The second-order valence-electron chi connectivity index (χ2n) is 2.85. The lowest BCUT2D eigenvalue weighted by Gasteiger charge is -2.07. The quantitative estimate of drug-likeness (QED) is 0.740. The van der Waals surface area contributed by atoms with Gasteiger partial charge in [-0.05, 0) is 13.2 Å². The summed E-state index contributed by atoms with van der Waals surface area (Å²) in [6, 6.07) is 0. The van der Waals surface area contributed by atoms with Gasteiger partial charge in [-0.3, -0.25) is 14.3 Å². The van der Waals surface area contributed by atoms with Crippen LogP contribution < -0.4 is 11.2 Å². The van der Waals surface area contributed by atoms with Crippen molar-refractivity contribution in [2.45, 2.75) is 13.5 Å². The third-order valence-corrected chi connectivity index (χ3v) is 2.51. The van der Waals surface area contributed by atoms with E-state index in [2.05, 4.69) is 4.98 Å². The van der Waals surface area contributed by atoms with E-state index >= 15 is 0 Å².